The van der Waals surface area contributed by atoms with E-state index in [2.05, 4.69) is 15.0 Å². The third kappa shape index (κ3) is 3.48. The Bertz CT molecular complexity index is 402. The van der Waals surface area contributed by atoms with E-state index in [1.165, 1.54) is 0 Å². The van der Waals surface area contributed by atoms with Crippen LogP contribution in [0.15, 0.2) is 30.6 Å². The molecule has 0 bridgehead atoms. The molecular weight excluding hydrogens is 247 g/mol. The first-order valence-corrected chi connectivity index (χ1v) is 4.55. The number of nitrogens with two attached hydrogens (primary N) is 1. The van der Waals surface area contributed by atoms with E-state index in [1.54, 1.807) is 12.4 Å². The molecule has 0 spiro atoms. The van der Waals surface area contributed by atoms with Crippen molar-refractivity contribution in [1.82, 2.24) is 15.0 Å². The monoisotopic (exact) mass is 260 g/mol. The van der Waals surface area contributed by atoms with Crippen LogP contribution in [0.5, 0.6) is 0 Å². The van der Waals surface area contributed by atoms with Crippen molar-refractivity contribution in [2.45, 2.75) is 6.42 Å². The van der Waals surface area contributed by atoms with Crippen LogP contribution in [0, 0.1) is 0 Å². The Morgan fingerprint density at radius 3 is 2.62 bits per heavy atom. The maximum atomic E-state index is 5.45. The summed E-state index contributed by atoms with van der Waals surface area (Å²) < 4.78 is 0. The number of aromatic nitrogens is 3. The summed E-state index contributed by atoms with van der Waals surface area (Å²) in [7, 11) is 0. The molecule has 0 aliphatic rings. The number of imidazole rings is 1. The summed E-state index contributed by atoms with van der Waals surface area (Å²) in [4.78, 5) is 11.6. The van der Waals surface area contributed by atoms with E-state index in [0.29, 0.717) is 6.54 Å². The van der Waals surface area contributed by atoms with E-state index >= 15 is 0 Å². The second-order valence-electron chi connectivity index (χ2n) is 3.01. The van der Waals surface area contributed by atoms with Crippen LogP contribution >= 0.6 is 24.8 Å². The zero-order valence-corrected chi connectivity index (χ0v) is 10.2. The van der Waals surface area contributed by atoms with Gasteiger partial charge in [0.15, 0.2) is 5.82 Å². The molecule has 88 valence electrons. The quantitative estimate of drug-likeness (QED) is 0.885. The van der Waals surface area contributed by atoms with Gasteiger partial charge >= 0.3 is 0 Å². The fraction of sp³-hybridized carbons (Fsp3) is 0.200. The molecule has 2 aromatic rings. The molecule has 0 saturated heterocycles. The predicted molar refractivity (Wildman–Crippen MR) is 69.1 cm³/mol. The second kappa shape index (κ2) is 7.22. The topological polar surface area (TPSA) is 67.6 Å². The van der Waals surface area contributed by atoms with Crippen LogP contribution in [0.25, 0.3) is 11.5 Å². The van der Waals surface area contributed by atoms with Crippen molar-refractivity contribution in [2.24, 2.45) is 5.73 Å². The van der Waals surface area contributed by atoms with E-state index in [4.69, 9.17) is 5.73 Å². The number of nitrogens with one attached hydrogen (secondary N) is 1. The lowest BCUT2D eigenvalue weighted by Gasteiger charge is -1.94. The number of halogens is 2. The second-order valence-corrected chi connectivity index (χ2v) is 3.01. The maximum absolute atomic E-state index is 5.45. The molecule has 0 radical (unpaired) electrons. The van der Waals surface area contributed by atoms with E-state index in [0.717, 1.165) is 23.6 Å². The molecule has 0 unspecified atom stereocenters. The molecule has 2 rings (SSSR count). The third-order valence-corrected chi connectivity index (χ3v) is 1.95. The summed E-state index contributed by atoms with van der Waals surface area (Å²) in [6.45, 7) is 0.629. The van der Waals surface area contributed by atoms with Crippen LogP contribution < -0.4 is 5.73 Å². The summed E-state index contributed by atoms with van der Waals surface area (Å²) in [5.74, 6) is 0.800. The minimum Gasteiger partial charge on any atom is -0.341 e. The maximum Gasteiger partial charge on any atom is 0.156 e. The van der Waals surface area contributed by atoms with Crippen molar-refractivity contribution in [1.29, 1.82) is 0 Å². The van der Waals surface area contributed by atoms with Gasteiger partial charge < -0.3 is 10.7 Å². The predicted octanol–water partition coefficient (Wildman–Crippen LogP) is 1.82. The fourth-order valence-electron chi connectivity index (χ4n) is 1.27. The van der Waals surface area contributed by atoms with Crippen molar-refractivity contribution in [3.05, 3.63) is 36.3 Å². The summed E-state index contributed by atoms with van der Waals surface area (Å²) in [5.41, 5.74) is 7.35. The average Bonchev–Trinajstić information content (AvgIpc) is 2.68. The molecular formula is C10H14Cl2N4. The van der Waals surface area contributed by atoms with Gasteiger partial charge in [0, 0.05) is 24.5 Å². The summed E-state index contributed by atoms with van der Waals surface area (Å²) in [6, 6.07) is 5.74. The number of nitrogens with zero attached hydrogens (tertiary/aromatic N) is 2. The SMILES string of the molecule is Cl.Cl.NCCc1cnc(-c2ccccn2)[nH]1. The number of hydrogen-bond donors (Lipinski definition) is 2. The molecule has 6 heteroatoms. The van der Waals surface area contributed by atoms with E-state index in [9.17, 15) is 0 Å². The normalized spacial score (nSPS) is 9.06. The Kier molecular flexibility index (Phi) is 6.72. The number of hydrogen-bond acceptors (Lipinski definition) is 3. The van der Waals surface area contributed by atoms with Crippen LogP contribution in [-0.4, -0.2) is 21.5 Å². The Hall–Kier alpha value is -1.10. The van der Waals surface area contributed by atoms with Gasteiger partial charge in [0.2, 0.25) is 0 Å². The van der Waals surface area contributed by atoms with Gasteiger partial charge in [0.1, 0.15) is 5.69 Å². The van der Waals surface area contributed by atoms with Crippen molar-refractivity contribution in [2.75, 3.05) is 6.54 Å². The van der Waals surface area contributed by atoms with Gasteiger partial charge in [-0.3, -0.25) is 4.98 Å². The van der Waals surface area contributed by atoms with Gasteiger partial charge in [0.05, 0.1) is 0 Å². The smallest absolute Gasteiger partial charge is 0.156 e. The van der Waals surface area contributed by atoms with Crippen molar-refractivity contribution in [3.63, 3.8) is 0 Å². The van der Waals surface area contributed by atoms with Gasteiger partial charge in [-0.25, -0.2) is 4.98 Å². The summed E-state index contributed by atoms with van der Waals surface area (Å²) >= 11 is 0. The molecule has 3 N–H and O–H groups in total. The van der Waals surface area contributed by atoms with Gasteiger partial charge in [-0.05, 0) is 18.7 Å². The Morgan fingerprint density at radius 2 is 2.00 bits per heavy atom. The highest BCUT2D eigenvalue weighted by Gasteiger charge is 2.02. The molecule has 0 atom stereocenters. The number of rotatable bonds is 3. The Morgan fingerprint density at radius 1 is 1.19 bits per heavy atom. The van der Waals surface area contributed by atoms with Crippen LogP contribution in [0.2, 0.25) is 0 Å². The third-order valence-electron chi connectivity index (χ3n) is 1.95. The fourth-order valence-corrected chi connectivity index (χ4v) is 1.27. The van der Waals surface area contributed by atoms with Crippen molar-refractivity contribution in [3.8, 4) is 11.5 Å². The first kappa shape index (κ1) is 14.9. The lowest BCUT2D eigenvalue weighted by Crippen LogP contribution is -2.02. The first-order valence-electron chi connectivity index (χ1n) is 4.55. The molecule has 2 heterocycles. The van der Waals surface area contributed by atoms with Crippen LogP contribution in [0.3, 0.4) is 0 Å². The van der Waals surface area contributed by atoms with Gasteiger partial charge in [-0.1, -0.05) is 6.07 Å². The molecule has 4 nitrogen and oxygen atoms in total. The minimum absolute atomic E-state index is 0. The molecule has 0 saturated carbocycles. The lowest BCUT2D eigenvalue weighted by molar-refractivity contribution is 0.935. The molecule has 0 aromatic carbocycles. The number of aromatic amines is 1. The van der Waals surface area contributed by atoms with E-state index in [1.807, 2.05) is 18.2 Å². The largest absolute Gasteiger partial charge is 0.341 e. The van der Waals surface area contributed by atoms with Crippen molar-refractivity contribution >= 4 is 24.8 Å². The standard InChI is InChI=1S/C10H12N4.2ClH/c11-5-4-8-7-13-10(14-8)9-3-1-2-6-12-9;;/h1-3,6-7H,4-5,11H2,(H,13,14);2*1H. The van der Waals surface area contributed by atoms with E-state index in [-0.39, 0.29) is 24.8 Å². The first-order chi connectivity index (χ1) is 6.90. The number of pyridine rings is 1. The summed E-state index contributed by atoms with van der Waals surface area (Å²) in [5, 5.41) is 0. The van der Waals surface area contributed by atoms with Gasteiger partial charge in [-0.15, -0.1) is 24.8 Å². The molecule has 0 fully saturated rings. The average molecular weight is 261 g/mol. The van der Waals surface area contributed by atoms with Crippen LogP contribution in [0.1, 0.15) is 5.69 Å². The lowest BCUT2D eigenvalue weighted by atomic mass is 10.3. The molecule has 16 heavy (non-hydrogen) atoms. The van der Waals surface area contributed by atoms with Crippen LogP contribution in [-0.2, 0) is 6.42 Å². The van der Waals surface area contributed by atoms with Crippen LogP contribution in [0.4, 0.5) is 0 Å². The molecule has 0 aliphatic carbocycles. The summed E-state index contributed by atoms with van der Waals surface area (Å²) in [6.07, 6.45) is 4.37. The Balaban J connectivity index is 0.00000112. The van der Waals surface area contributed by atoms with Gasteiger partial charge in [-0.2, -0.15) is 0 Å². The zero-order valence-electron chi connectivity index (χ0n) is 8.59. The molecule has 0 aliphatic heterocycles. The molecule has 2 aromatic heterocycles. The highest BCUT2D eigenvalue weighted by molar-refractivity contribution is 5.85. The highest BCUT2D eigenvalue weighted by Crippen LogP contribution is 2.11. The minimum atomic E-state index is 0. The van der Waals surface area contributed by atoms with Crippen molar-refractivity contribution < 1.29 is 0 Å². The number of H-pyrrole nitrogens is 1. The highest BCUT2D eigenvalue weighted by atomic mass is 35.5. The molecule has 0 amide bonds. The zero-order chi connectivity index (χ0) is 9.80. The van der Waals surface area contributed by atoms with Gasteiger partial charge in [0.25, 0.3) is 0 Å². The van der Waals surface area contributed by atoms with E-state index < -0.39 is 0 Å². The Labute approximate surface area is 107 Å².